The first-order chi connectivity index (χ1) is 12.7. The van der Waals surface area contributed by atoms with E-state index in [2.05, 4.69) is 19.8 Å². The summed E-state index contributed by atoms with van der Waals surface area (Å²) < 4.78 is 2.10. The van der Waals surface area contributed by atoms with Crippen molar-refractivity contribution in [3.8, 4) is 11.4 Å². The van der Waals surface area contributed by atoms with Crippen molar-refractivity contribution in [2.75, 3.05) is 13.6 Å². The highest BCUT2D eigenvalue weighted by Gasteiger charge is 2.34. The van der Waals surface area contributed by atoms with Crippen molar-refractivity contribution in [3.05, 3.63) is 41.7 Å². The van der Waals surface area contributed by atoms with Gasteiger partial charge in [0.2, 0.25) is 5.91 Å². The summed E-state index contributed by atoms with van der Waals surface area (Å²) in [6.07, 6.45) is 0. The number of amides is 2. The Morgan fingerprint density at radius 3 is 2.44 bits per heavy atom. The number of nitrogens with one attached hydrogen (secondary N) is 1. The van der Waals surface area contributed by atoms with Gasteiger partial charge in [-0.05, 0) is 12.5 Å². The monoisotopic (exact) mass is 369 g/mol. The molecule has 1 aromatic carbocycles. The highest BCUT2D eigenvalue weighted by molar-refractivity contribution is 5.97. The van der Waals surface area contributed by atoms with E-state index in [9.17, 15) is 9.59 Å². The van der Waals surface area contributed by atoms with Crippen LogP contribution in [0.3, 0.4) is 0 Å². The molecule has 0 radical (unpaired) electrons. The molecule has 7 nitrogen and oxygen atoms in total. The molecule has 27 heavy (non-hydrogen) atoms. The minimum absolute atomic E-state index is 0.357. The number of primary amides is 1. The number of carbonyl (C=O) groups excluding carboxylic acids is 2. The molecule has 1 aliphatic rings. The lowest BCUT2D eigenvalue weighted by molar-refractivity contribution is -0.122. The largest absolute Gasteiger partial charge is 0.368 e. The van der Waals surface area contributed by atoms with Crippen LogP contribution in [0.15, 0.2) is 30.3 Å². The normalized spacial score (nSPS) is 15.9. The first-order valence-corrected chi connectivity index (χ1v) is 9.12. The standard InChI is InChI=1S/C20H27N5O2/c1-20(2,3)16(17(21)26)23-19(27)15-14-12-24(4)10-11-25(14)18(22-15)13-8-6-5-7-9-13/h5-9,16H,10-12H2,1-4H3,(H2,21,26)(H,23,27). The molecule has 1 aromatic heterocycles. The van der Waals surface area contributed by atoms with Crippen LogP contribution in [0.4, 0.5) is 0 Å². The van der Waals surface area contributed by atoms with Gasteiger partial charge in [0, 0.05) is 25.2 Å². The molecule has 2 heterocycles. The number of aromatic nitrogens is 2. The minimum atomic E-state index is -0.774. The first-order valence-electron chi connectivity index (χ1n) is 9.12. The van der Waals surface area contributed by atoms with Crippen molar-refractivity contribution in [2.24, 2.45) is 11.1 Å². The molecule has 0 bridgehead atoms. The Bertz CT molecular complexity index is 851. The average molecular weight is 369 g/mol. The van der Waals surface area contributed by atoms with Crippen LogP contribution < -0.4 is 11.1 Å². The van der Waals surface area contributed by atoms with Gasteiger partial charge in [0.15, 0.2) is 5.69 Å². The number of nitrogens with zero attached hydrogens (tertiary/aromatic N) is 3. The highest BCUT2D eigenvalue weighted by Crippen LogP contribution is 2.27. The summed E-state index contributed by atoms with van der Waals surface area (Å²) in [4.78, 5) is 31.7. The van der Waals surface area contributed by atoms with Gasteiger partial charge in [-0.15, -0.1) is 0 Å². The van der Waals surface area contributed by atoms with Crippen LogP contribution in [0, 0.1) is 5.41 Å². The lowest BCUT2D eigenvalue weighted by Gasteiger charge is -2.29. The molecule has 1 atom stereocenters. The van der Waals surface area contributed by atoms with E-state index in [-0.39, 0.29) is 5.91 Å². The third-order valence-corrected chi connectivity index (χ3v) is 4.87. The van der Waals surface area contributed by atoms with E-state index in [1.54, 1.807) is 0 Å². The number of carbonyl (C=O) groups is 2. The van der Waals surface area contributed by atoms with Crippen molar-refractivity contribution >= 4 is 11.8 Å². The maximum absolute atomic E-state index is 13.0. The molecule has 0 saturated carbocycles. The van der Waals surface area contributed by atoms with Crippen LogP contribution in [-0.4, -0.2) is 45.9 Å². The molecule has 1 unspecified atom stereocenters. The average Bonchev–Trinajstić information content (AvgIpc) is 2.97. The van der Waals surface area contributed by atoms with Gasteiger partial charge >= 0.3 is 0 Å². The van der Waals surface area contributed by atoms with E-state index in [1.807, 2.05) is 58.2 Å². The Morgan fingerprint density at radius 1 is 1.19 bits per heavy atom. The molecule has 1 aliphatic heterocycles. The van der Waals surface area contributed by atoms with Crippen LogP contribution in [0.5, 0.6) is 0 Å². The predicted octanol–water partition coefficient (Wildman–Crippen LogP) is 1.63. The van der Waals surface area contributed by atoms with Gasteiger partial charge in [-0.25, -0.2) is 4.98 Å². The molecule has 3 N–H and O–H groups in total. The van der Waals surface area contributed by atoms with Gasteiger partial charge in [-0.3, -0.25) is 14.5 Å². The molecule has 0 aliphatic carbocycles. The Morgan fingerprint density at radius 2 is 1.85 bits per heavy atom. The van der Waals surface area contributed by atoms with Crippen LogP contribution in [0.1, 0.15) is 37.0 Å². The summed E-state index contributed by atoms with van der Waals surface area (Å²) in [6, 6.07) is 9.05. The van der Waals surface area contributed by atoms with Crippen molar-refractivity contribution in [2.45, 2.75) is 39.9 Å². The highest BCUT2D eigenvalue weighted by atomic mass is 16.2. The summed E-state index contributed by atoms with van der Waals surface area (Å²) in [6.45, 7) is 7.88. The van der Waals surface area contributed by atoms with Gasteiger partial charge < -0.3 is 15.6 Å². The zero-order valence-electron chi connectivity index (χ0n) is 16.3. The zero-order valence-corrected chi connectivity index (χ0v) is 16.3. The molecule has 0 fully saturated rings. The minimum Gasteiger partial charge on any atom is -0.368 e. The summed E-state index contributed by atoms with van der Waals surface area (Å²) in [5, 5.41) is 2.79. The number of rotatable bonds is 4. The van der Waals surface area contributed by atoms with E-state index < -0.39 is 17.4 Å². The fourth-order valence-electron chi connectivity index (χ4n) is 3.40. The fraction of sp³-hybridized carbons (Fsp3) is 0.450. The van der Waals surface area contributed by atoms with Gasteiger partial charge in [0.25, 0.3) is 5.91 Å². The lowest BCUT2D eigenvalue weighted by Crippen LogP contribution is -2.52. The molecule has 144 valence electrons. The smallest absolute Gasteiger partial charge is 0.272 e. The third-order valence-electron chi connectivity index (χ3n) is 4.87. The fourth-order valence-corrected chi connectivity index (χ4v) is 3.40. The number of hydrogen-bond donors (Lipinski definition) is 2. The zero-order chi connectivity index (χ0) is 19.8. The molecule has 2 amide bonds. The van der Waals surface area contributed by atoms with Crippen LogP contribution in [0.25, 0.3) is 11.4 Å². The van der Waals surface area contributed by atoms with E-state index in [0.29, 0.717) is 12.2 Å². The van der Waals surface area contributed by atoms with E-state index in [0.717, 1.165) is 30.2 Å². The van der Waals surface area contributed by atoms with Crippen molar-refractivity contribution in [1.29, 1.82) is 0 Å². The summed E-state index contributed by atoms with van der Waals surface area (Å²) in [7, 11) is 2.02. The Labute approximate surface area is 159 Å². The molecule has 2 aromatic rings. The second-order valence-electron chi connectivity index (χ2n) is 8.16. The number of nitrogens with two attached hydrogens (primary N) is 1. The number of likely N-dealkylation sites (N-methyl/N-ethyl adjacent to an activating group) is 1. The topological polar surface area (TPSA) is 93.2 Å². The summed E-state index contributed by atoms with van der Waals surface area (Å²) in [5.41, 5.74) is 7.21. The number of benzene rings is 1. The Hall–Kier alpha value is -2.67. The van der Waals surface area contributed by atoms with Crippen LogP contribution in [-0.2, 0) is 17.9 Å². The lowest BCUT2D eigenvalue weighted by atomic mass is 9.86. The number of fused-ring (bicyclic) bond motifs is 1. The van der Waals surface area contributed by atoms with E-state index >= 15 is 0 Å². The maximum Gasteiger partial charge on any atom is 0.272 e. The maximum atomic E-state index is 13.0. The molecule has 0 spiro atoms. The summed E-state index contributed by atoms with van der Waals surface area (Å²) >= 11 is 0. The Balaban J connectivity index is 2.01. The van der Waals surface area contributed by atoms with Gasteiger partial charge in [-0.2, -0.15) is 0 Å². The van der Waals surface area contributed by atoms with Crippen molar-refractivity contribution in [1.82, 2.24) is 19.8 Å². The molecular weight excluding hydrogens is 342 g/mol. The van der Waals surface area contributed by atoms with Gasteiger partial charge in [0.05, 0.1) is 5.69 Å². The number of hydrogen-bond acceptors (Lipinski definition) is 4. The van der Waals surface area contributed by atoms with Crippen LogP contribution >= 0.6 is 0 Å². The second kappa shape index (κ2) is 7.15. The first kappa shape index (κ1) is 19.1. The van der Waals surface area contributed by atoms with E-state index in [4.69, 9.17) is 5.73 Å². The second-order valence-corrected chi connectivity index (χ2v) is 8.16. The number of imidazole rings is 1. The quantitative estimate of drug-likeness (QED) is 0.856. The molecular formula is C20H27N5O2. The van der Waals surface area contributed by atoms with Crippen molar-refractivity contribution < 1.29 is 9.59 Å². The molecule has 7 heteroatoms. The van der Waals surface area contributed by atoms with Crippen molar-refractivity contribution in [3.63, 3.8) is 0 Å². The van der Waals surface area contributed by atoms with Gasteiger partial charge in [0.1, 0.15) is 11.9 Å². The van der Waals surface area contributed by atoms with E-state index in [1.165, 1.54) is 0 Å². The SMILES string of the molecule is CN1CCn2c(-c3ccccc3)nc(C(=O)NC(C(N)=O)C(C)(C)C)c2C1. The Kier molecular flexibility index (Phi) is 5.06. The van der Waals surface area contributed by atoms with Crippen LogP contribution in [0.2, 0.25) is 0 Å². The molecule has 0 saturated heterocycles. The summed E-state index contributed by atoms with van der Waals surface area (Å²) in [5.74, 6) is -0.144. The molecule has 3 rings (SSSR count). The predicted molar refractivity (Wildman–Crippen MR) is 104 cm³/mol. The third kappa shape index (κ3) is 3.88. The van der Waals surface area contributed by atoms with Gasteiger partial charge in [-0.1, -0.05) is 51.1 Å².